The summed E-state index contributed by atoms with van der Waals surface area (Å²) >= 11 is 1.44. The summed E-state index contributed by atoms with van der Waals surface area (Å²) in [6.45, 7) is 5.15. The Morgan fingerprint density at radius 3 is 2.77 bits per heavy atom. The van der Waals surface area contributed by atoms with Gasteiger partial charge in [0.25, 0.3) is 5.91 Å². The fourth-order valence-electron chi connectivity index (χ4n) is 2.67. The summed E-state index contributed by atoms with van der Waals surface area (Å²) < 4.78 is 5.70. The number of ether oxygens (including phenoxy) is 1. The number of aryl methyl sites for hydroxylation is 2. The number of nitrogens with zero attached hydrogens (tertiary/aromatic N) is 3. The quantitative estimate of drug-likeness (QED) is 0.870. The van der Waals surface area contributed by atoms with Gasteiger partial charge in [0.05, 0.1) is 23.4 Å². The highest BCUT2D eigenvalue weighted by atomic mass is 32.1. The molecule has 2 aromatic heterocycles. The Hall–Kier alpha value is -1.79. The van der Waals surface area contributed by atoms with Crippen LogP contribution in [-0.4, -0.2) is 35.1 Å². The van der Waals surface area contributed by atoms with Crippen LogP contribution >= 0.6 is 11.3 Å². The Kier molecular flexibility index (Phi) is 4.49. The van der Waals surface area contributed by atoms with E-state index < -0.39 is 0 Å². The van der Waals surface area contributed by atoms with Crippen LogP contribution in [0.2, 0.25) is 0 Å². The Morgan fingerprint density at radius 2 is 2.18 bits per heavy atom. The van der Waals surface area contributed by atoms with E-state index in [1.807, 2.05) is 26.0 Å². The Morgan fingerprint density at radius 1 is 1.41 bits per heavy atom. The number of thiazole rings is 1. The van der Waals surface area contributed by atoms with Crippen LogP contribution in [0.15, 0.2) is 24.5 Å². The smallest absolute Gasteiger partial charge is 0.270 e. The summed E-state index contributed by atoms with van der Waals surface area (Å²) in [5.41, 5.74) is 1.64. The van der Waals surface area contributed by atoms with E-state index in [-0.39, 0.29) is 12.0 Å². The maximum atomic E-state index is 13.0. The van der Waals surface area contributed by atoms with Crippen LogP contribution < -0.4 is 4.90 Å². The van der Waals surface area contributed by atoms with E-state index in [2.05, 4.69) is 9.97 Å². The molecule has 1 fully saturated rings. The van der Waals surface area contributed by atoms with Crippen LogP contribution in [0, 0.1) is 13.8 Å². The first-order valence-electron chi connectivity index (χ1n) is 7.42. The third-order valence-corrected chi connectivity index (χ3v) is 4.79. The zero-order valence-electron chi connectivity index (χ0n) is 12.8. The van der Waals surface area contributed by atoms with Crippen LogP contribution in [-0.2, 0) is 4.74 Å². The minimum atomic E-state index is -0.00944. The van der Waals surface area contributed by atoms with Crippen LogP contribution in [0.1, 0.15) is 33.2 Å². The van der Waals surface area contributed by atoms with Gasteiger partial charge in [-0.15, -0.1) is 11.3 Å². The van der Waals surface area contributed by atoms with E-state index in [0.29, 0.717) is 11.4 Å². The lowest BCUT2D eigenvalue weighted by atomic mass is 10.2. The molecule has 0 N–H and O–H groups in total. The highest BCUT2D eigenvalue weighted by Gasteiger charge is 2.27. The molecule has 0 aromatic carbocycles. The van der Waals surface area contributed by atoms with Crippen molar-refractivity contribution in [3.63, 3.8) is 0 Å². The van der Waals surface area contributed by atoms with E-state index in [1.54, 1.807) is 17.3 Å². The van der Waals surface area contributed by atoms with Crippen molar-refractivity contribution in [3.05, 3.63) is 40.1 Å². The van der Waals surface area contributed by atoms with Gasteiger partial charge in [-0.1, -0.05) is 0 Å². The minimum absolute atomic E-state index is 0.00944. The Balaban J connectivity index is 1.90. The number of amides is 1. The van der Waals surface area contributed by atoms with E-state index in [4.69, 9.17) is 4.74 Å². The molecule has 6 heteroatoms. The van der Waals surface area contributed by atoms with Gasteiger partial charge in [-0.05, 0) is 38.8 Å². The molecule has 3 heterocycles. The number of hydrogen-bond donors (Lipinski definition) is 0. The zero-order chi connectivity index (χ0) is 15.5. The summed E-state index contributed by atoms with van der Waals surface area (Å²) in [6.07, 6.45) is 5.56. The molecule has 5 nitrogen and oxygen atoms in total. The van der Waals surface area contributed by atoms with Gasteiger partial charge in [0.15, 0.2) is 0 Å². The normalized spacial score (nSPS) is 17.6. The number of aromatic nitrogens is 2. The standard InChI is InChI=1S/C16H19N3O2S/c1-11-15(22-12(2)18-11)16(20)19(10-14-4-3-9-21-14)13-5-7-17-8-6-13/h5-8,14H,3-4,9-10H2,1-2H3. The molecule has 1 amide bonds. The van der Waals surface area contributed by atoms with Gasteiger partial charge in [-0.3, -0.25) is 9.78 Å². The van der Waals surface area contributed by atoms with Crippen molar-refractivity contribution in [2.24, 2.45) is 0 Å². The van der Waals surface area contributed by atoms with Crippen LogP contribution in [0.25, 0.3) is 0 Å². The molecule has 0 aliphatic carbocycles. The first kappa shape index (κ1) is 15.1. The number of carbonyl (C=O) groups is 1. The first-order valence-corrected chi connectivity index (χ1v) is 8.24. The molecule has 1 saturated heterocycles. The predicted octanol–water partition coefficient (Wildman–Crippen LogP) is 2.98. The van der Waals surface area contributed by atoms with Crippen molar-refractivity contribution in [1.29, 1.82) is 0 Å². The van der Waals surface area contributed by atoms with E-state index in [1.165, 1.54) is 11.3 Å². The topological polar surface area (TPSA) is 55.3 Å². The van der Waals surface area contributed by atoms with E-state index in [9.17, 15) is 4.79 Å². The minimum Gasteiger partial charge on any atom is -0.376 e. The van der Waals surface area contributed by atoms with Crippen LogP contribution in [0.3, 0.4) is 0 Å². The van der Waals surface area contributed by atoms with Crippen LogP contribution in [0.4, 0.5) is 5.69 Å². The van der Waals surface area contributed by atoms with Gasteiger partial charge in [0, 0.05) is 24.7 Å². The molecule has 22 heavy (non-hydrogen) atoms. The average Bonchev–Trinajstić information content (AvgIpc) is 3.14. The molecular weight excluding hydrogens is 298 g/mol. The molecule has 0 spiro atoms. The molecule has 0 saturated carbocycles. The zero-order valence-corrected chi connectivity index (χ0v) is 13.6. The molecule has 0 bridgehead atoms. The summed E-state index contributed by atoms with van der Waals surface area (Å²) in [7, 11) is 0. The third kappa shape index (κ3) is 3.18. The fraction of sp³-hybridized carbons (Fsp3) is 0.438. The monoisotopic (exact) mass is 317 g/mol. The summed E-state index contributed by atoms with van der Waals surface area (Å²) in [5, 5.41) is 0.910. The second kappa shape index (κ2) is 6.54. The van der Waals surface area contributed by atoms with Gasteiger partial charge < -0.3 is 9.64 Å². The van der Waals surface area contributed by atoms with Crippen molar-refractivity contribution < 1.29 is 9.53 Å². The predicted molar refractivity (Wildman–Crippen MR) is 86.5 cm³/mol. The lowest BCUT2D eigenvalue weighted by Gasteiger charge is -2.25. The summed E-state index contributed by atoms with van der Waals surface area (Å²) in [4.78, 5) is 23.9. The average molecular weight is 317 g/mol. The molecule has 1 aliphatic rings. The molecule has 3 rings (SSSR count). The number of anilines is 1. The summed E-state index contributed by atoms with van der Waals surface area (Å²) in [5.74, 6) is -0.00944. The second-order valence-electron chi connectivity index (χ2n) is 5.40. The molecule has 0 radical (unpaired) electrons. The largest absolute Gasteiger partial charge is 0.376 e. The SMILES string of the molecule is Cc1nc(C)c(C(=O)N(CC2CCCO2)c2ccncc2)s1. The number of rotatable bonds is 4. The van der Waals surface area contributed by atoms with Gasteiger partial charge in [-0.2, -0.15) is 0 Å². The second-order valence-corrected chi connectivity index (χ2v) is 6.61. The van der Waals surface area contributed by atoms with Crippen molar-refractivity contribution >= 4 is 22.9 Å². The molecular formula is C16H19N3O2S. The summed E-state index contributed by atoms with van der Waals surface area (Å²) in [6, 6.07) is 3.71. The molecule has 1 atom stereocenters. The van der Waals surface area contributed by atoms with Gasteiger partial charge in [0.2, 0.25) is 0 Å². The van der Waals surface area contributed by atoms with E-state index in [0.717, 1.165) is 35.8 Å². The van der Waals surface area contributed by atoms with Crippen LogP contribution in [0.5, 0.6) is 0 Å². The van der Waals surface area contributed by atoms with Gasteiger partial charge in [-0.25, -0.2) is 4.98 Å². The van der Waals surface area contributed by atoms with Gasteiger partial charge >= 0.3 is 0 Å². The maximum absolute atomic E-state index is 13.0. The molecule has 1 unspecified atom stereocenters. The highest BCUT2D eigenvalue weighted by Crippen LogP contribution is 2.25. The van der Waals surface area contributed by atoms with E-state index >= 15 is 0 Å². The lowest BCUT2D eigenvalue weighted by Crippen LogP contribution is -2.37. The van der Waals surface area contributed by atoms with Crippen molar-refractivity contribution in [2.75, 3.05) is 18.1 Å². The number of hydrogen-bond acceptors (Lipinski definition) is 5. The van der Waals surface area contributed by atoms with Crippen molar-refractivity contribution in [1.82, 2.24) is 9.97 Å². The first-order chi connectivity index (χ1) is 10.6. The molecule has 116 valence electrons. The fourth-order valence-corrected chi connectivity index (χ4v) is 3.54. The van der Waals surface area contributed by atoms with Crippen molar-refractivity contribution in [3.8, 4) is 0 Å². The highest BCUT2D eigenvalue weighted by molar-refractivity contribution is 7.13. The Labute approximate surface area is 134 Å². The van der Waals surface area contributed by atoms with Gasteiger partial charge in [0.1, 0.15) is 4.88 Å². The third-order valence-electron chi connectivity index (χ3n) is 3.73. The van der Waals surface area contributed by atoms with Crippen molar-refractivity contribution in [2.45, 2.75) is 32.8 Å². The Bertz CT molecular complexity index is 651. The molecule has 1 aliphatic heterocycles. The number of pyridine rings is 1. The molecule has 2 aromatic rings. The maximum Gasteiger partial charge on any atom is 0.270 e. The number of carbonyl (C=O) groups excluding carboxylic acids is 1. The lowest BCUT2D eigenvalue weighted by molar-refractivity contribution is 0.0920.